The number of hydrogen-bond donors (Lipinski definition) is 2. The lowest BCUT2D eigenvalue weighted by Gasteiger charge is -2.29. The molecule has 0 aliphatic carbocycles. The summed E-state index contributed by atoms with van der Waals surface area (Å²) < 4.78 is 10.2. The number of methoxy groups -OCH3 is 1. The van der Waals surface area contributed by atoms with Crippen molar-refractivity contribution in [2.24, 2.45) is 0 Å². The van der Waals surface area contributed by atoms with E-state index < -0.39 is 0 Å². The summed E-state index contributed by atoms with van der Waals surface area (Å²) in [7, 11) is 1.62. The highest BCUT2D eigenvalue weighted by Gasteiger charge is 2.13. The average Bonchev–Trinajstić information content (AvgIpc) is 2.38. The third-order valence-electron chi connectivity index (χ3n) is 2.88. The monoisotopic (exact) mass is 259 g/mol. The maximum Gasteiger partial charge on any atom is 0.234 e. The molecule has 0 saturated carbocycles. The lowest BCUT2D eigenvalue weighted by Crippen LogP contribution is -2.46. The van der Waals surface area contributed by atoms with Crippen molar-refractivity contribution in [3.8, 4) is 0 Å². The first kappa shape index (κ1) is 15.4. The normalized spacial score (nSPS) is 18.6. The Morgan fingerprint density at radius 1 is 1.44 bits per heavy atom. The molecule has 0 aromatic carbocycles. The van der Waals surface area contributed by atoms with E-state index in [0.29, 0.717) is 25.7 Å². The van der Waals surface area contributed by atoms with E-state index in [0.717, 1.165) is 32.8 Å². The molecule has 0 spiro atoms. The molecule has 1 aliphatic rings. The standard InChI is InChI=1S/C12H25N3O3/c1-11(10-15-4-7-18-8-5-15)14-9-12(16)13-3-6-17-2/h11,14H,3-10H2,1-2H3,(H,13,16). The van der Waals surface area contributed by atoms with E-state index in [-0.39, 0.29) is 5.91 Å². The summed E-state index contributed by atoms with van der Waals surface area (Å²) in [5.74, 6) is 0.0147. The van der Waals surface area contributed by atoms with E-state index in [1.807, 2.05) is 0 Å². The Morgan fingerprint density at radius 2 is 2.17 bits per heavy atom. The second-order valence-corrected chi connectivity index (χ2v) is 4.54. The van der Waals surface area contributed by atoms with Gasteiger partial charge in [0.25, 0.3) is 0 Å². The maximum absolute atomic E-state index is 11.5. The molecule has 1 heterocycles. The zero-order valence-corrected chi connectivity index (χ0v) is 11.4. The molecule has 18 heavy (non-hydrogen) atoms. The predicted octanol–water partition coefficient (Wildman–Crippen LogP) is -0.941. The van der Waals surface area contributed by atoms with Crippen LogP contribution < -0.4 is 10.6 Å². The summed E-state index contributed by atoms with van der Waals surface area (Å²) in [6.45, 7) is 8.10. The van der Waals surface area contributed by atoms with Crippen molar-refractivity contribution < 1.29 is 14.3 Å². The van der Waals surface area contributed by atoms with Gasteiger partial charge in [-0.3, -0.25) is 9.69 Å². The molecule has 1 rings (SSSR count). The molecule has 6 heteroatoms. The molecular weight excluding hydrogens is 234 g/mol. The van der Waals surface area contributed by atoms with Crippen molar-refractivity contribution in [2.45, 2.75) is 13.0 Å². The quantitative estimate of drug-likeness (QED) is 0.551. The molecule has 1 aliphatic heterocycles. The van der Waals surface area contributed by atoms with E-state index in [2.05, 4.69) is 22.5 Å². The van der Waals surface area contributed by atoms with Crippen molar-refractivity contribution in [3.05, 3.63) is 0 Å². The lowest BCUT2D eigenvalue weighted by atomic mass is 10.3. The van der Waals surface area contributed by atoms with E-state index >= 15 is 0 Å². The molecule has 0 aromatic rings. The van der Waals surface area contributed by atoms with Crippen LogP contribution in [-0.4, -0.2) is 76.5 Å². The van der Waals surface area contributed by atoms with Gasteiger partial charge in [0, 0.05) is 39.3 Å². The Balaban J connectivity index is 2.04. The SMILES string of the molecule is COCCNC(=O)CNC(C)CN1CCOCC1. The summed E-state index contributed by atoms with van der Waals surface area (Å²) in [6, 6.07) is 0.302. The van der Waals surface area contributed by atoms with Gasteiger partial charge in [-0.1, -0.05) is 0 Å². The number of rotatable bonds is 8. The molecular formula is C12H25N3O3. The first-order valence-electron chi connectivity index (χ1n) is 6.51. The number of nitrogens with zero attached hydrogens (tertiary/aromatic N) is 1. The van der Waals surface area contributed by atoms with E-state index in [1.165, 1.54) is 0 Å². The summed E-state index contributed by atoms with van der Waals surface area (Å²) in [5, 5.41) is 6.00. The lowest BCUT2D eigenvalue weighted by molar-refractivity contribution is -0.120. The van der Waals surface area contributed by atoms with Crippen molar-refractivity contribution >= 4 is 5.91 Å². The molecule has 1 saturated heterocycles. The molecule has 1 amide bonds. The van der Waals surface area contributed by atoms with Gasteiger partial charge in [-0.25, -0.2) is 0 Å². The van der Waals surface area contributed by atoms with E-state index in [1.54, 1.807) is 7.11 Å². The molecule has 2 N–H and O–H groups in total. The fraction of sp³-hybridized carbons (Fsp3) is 0.917. The molecule has 0 radical (unpaired) electrons. The average molecular weight is 259 g/mol. The van der Waals surface area contributed by atoms with E-state index in [4.69, 9.17) is 9.47 Å². The number of hydrogen-bond acceptors (Lipinski definition) is 5. The summed E-state index contributed by atoms with van der Waals surface area (Å²) in [5.41, 5.74) is 0. The number of nitrogens with one attached hydrogen (secondary N) is 2. The van der Waals surface area contributed by atoms with Crippen LogP contribution >= 0.6 is 0 Å². The van der Waals surface area contributed by atoms with Crippen LogP contribution in [0.2, 0.25) is 0 Å². The van der Waals surface area contributed by atoms with Gasteiger partial charge in [0.2, 0.25) is 5.91 Å². The molecule has 6 nitrogen and oxygen atoms in total. The van der Waals surface area contributed by atoms with Crippen LogP contribution in [0.3, 0.4) is 0 Å². The van der Waals surface area contributed by atoms with Gasteiger partial charge in [-0.15, -0.1) is 0 Å². The molecule has 1 unspecified atom stereocenters. The van der Waals surface area contributed by atoms with Crippen LogP contribution in [0.4, 0.5) is 0 Å². The maximum atomic E-state index is 11.5. The number of morpholine rings is 1. The third-order valence-corrected chi connectivity index (χ3v) is 2.88. The molecule has 0 aromatic heterocycles. The largest absolute Gasteiger partial charge is 0.383 e. The predicted molar refractivity (Wildman–Crippen MR) is 69.6 cm³/mol. The minimum atomic E-state index is 0.0147. The van der Waals surface area contributed by atoms with Crippen LogP contribution in [0.5, 0.6) is 0 Å². The van der Waals surface area contributed by atoms with Crippen molar-refractivity contribution in [2.75, 3.05) is 59.7 Å². The van der Waals surface area contributed by atoms with Crippen LogP contribution in [0.25, 0.3) is 0 Å². The molecule has 1 fully saturated rings. The van der Waals surface area contributed by atoms with Crippen molar-refractivity contribution in [3.63, 3.8) is 0 Å². The Morgan fingerprint density at radius 3 is 2.83 bits per heavy atom. The zero-order valence-electron chi connectivity index (χ0n) is 11.4. The topological polar surface area (TPSA) is 62.8 Å². The van der Waals surface area contributed by atoms with Gasteiger partial charge >= 0.3 is 0 Å². The molecule has 1 atom stereocenters. The fourth-order valence-corrected chi connectivity index (χ4v) is 1.86. The first-order valence-corrected chi connectivity index (χ1v) is 6.51. The number of amides is 1. The van der Waals surface area contributed by atoms with Crippen LogP contribution in [-0.2, 0) is 14.3 Å². The third kappa shape index (κ3) is 6.90. The number of ether oxygens (including phenoxy) is 2. The Bertz CT molecular complexity index is 233. The van der Waals surface area contributed by atoms with Crippen molar-refractivity contribution in [1.82, 2.24) is 15.5 Å². The van der Waals surface area contributed by atoms with Gasteiger partial charge in [0.05, 0.1) is 26.4 Å². The second-order valence-electron chi connectivity index (χ2n) is 4.54. The minimum Gasteiger partial charge on any atom is -0.383 e. The van der Waals surface area contributed by atoms with Gasteiger partial charge in [0.1, 0.15) is 0 Å². The van der Waals surface area contributed by atoms with Crippen LogP contribution in [0, 0.1) is 0 Å². The Kier molecular flexibility index (Phi) is 7.91. The highest BCUT2D eigenvalue weighted by molar-refractivity contribution is 5.77. The van der Waals surface area contributed by atoms with Crippen molar-refractivity contribution in [1.29, 1.82) is 0 Å². The van der Waals surface area contributed by atoms with Gasteiger partial charge in [-0.2, -0.15) is 0 Å². The number of carbonyl (C=O) groups is 1. The van der Waals surface area contributed by atoms with Gasteiger partial charge in [0.15, 0.2) is 0 Å². The van der Waals surface area contributed by atoms with E-state index in [9.17, 15) is 4.79 Å². The molecule has 0 bridgehead atoms. The van der Waals surface area contributed by atoms with Crippen LogP contribution in [0.1, 0.15) is 6.92 Å². The highest BCUT2D eigenvalue weighted by atomic mass is 16.5. The summed E-state index contributed by atoms with van der Waals surface area (Å²) in [4.78, 5) is 13.8. The van der Waals surface area contributed by atoms with Gasteiger partial charge < -0.3 is 20.1 Å². The fourth-order valence-electron chi connectivity index (χ4n) is 1.86. The van der Waals surface area contributed by atoms with Gasteiger partial charge in [-0.05, 0) is 6.92 Å². The second kappa shape index (κ2) is 9.27. The number of carbonyl (C=O) groups excluding carboxylic acids is 1. The smallest absolute Gasteiger partial charge is 0.234 e. The minimum absolute atomic E-state index is 0.0147. The zero-order chi connectivity index (χ0) is 13.2. The molecule has 106 valence electrons. The van der Waals surface area contributed by atoms with Crippen LogP contribution in [0.15, 0.2) is 0 Å². The summed E-state index contributed by atoms with van der Waals surface area (Å²) in [6.07, 6.45) is 0. The summed E-state index contributed by atoms with van der Waals surface area (Å²) >= 11 is 0. The highest BCUT2D eigenvalue weighted by Crippen LogP contribution is 1.97. The Labute approximate surface area is 109 Å². The Hall–Kier alpha value is -0.690. The first-order chi connectivity index (χ1) is 8.72.